The first kappa shape index (κ1) is 19.2. The summed E-state index contributed by atoms with van der Waals surface area (Å²) < 4.78 is 9.57. The van der Waals surface area contributed by atoms with E-state index in [1.807, 2.05) is 19.9 Å². The van der Waals surface area contributed by atoms with E-state index in [2.05, 4.69) is 10.1 Å². The number of ether oxygens (including phenoxy) is 2. The highest BCUT2D eigenvalue weighted by Gasteiger charge is 2.27. The summed E-state index contributed by atoms with van der Waals surface area (Å²) in [5.74, 6) is -1.94. The lowest BCUT2D eigenvalue weighted by Gasteiger charge is -2.21. The molecular formula is C17H20N2O5. The Labute approximate surface area is 140 Å². The van der Waals surface area contributed by atoms with Crippen LogP contribution >= 0.6 is 0 Å². The topological polar surface area (TPSA) is 105 Å². The van der Waals surface area contributed by atoms with E-state index in [-0.39, 0.29) is 11.5 Å². The van der Waals surface area contributed by atoms with Gasteiger partial charge in [0.2, 0.25) is 0 Å². The molecule has 0 aromatic heterocycles. The van der Waals surface area contributed by atoms with Gasteiger partial charge in [-0.3, -0.25) is 4.79 Å². The van der Waals surface area contributed by atoms with Crippen molar-refractivity contribution in [1.82, 2.24) is 5.32 Å². The van der Waals surface area contributed by atoms with Crippen molar-refractivity contribution in [3.63, 3.8) is 0 Å². The fraction of sp³-hybridized carbons (Fsp3) is 0.412. The van der Waals surface area contributed by atoms with E-state index in [1.165, 1.54) is 31.4 Å². The summed E-state index contributed by atoms with van der Waals surface area (Å²) in [7, 11) is 1.24. The minimum absolute atomic E-state index is 0.115. The number of nitriles is 1. The number of hydrogen-bond donors (Lipinski definition) is 1. The van der Waals surface area contributed by atoms with E-state index in [0.29, 0.717) is 12.0 Å². The minimum atomic E-state index is -0.791. The van der Waals surface area contributed by atoms with Crippen LogP contribution in [0.2, 0.25) is 0 Å². The fourth-order valence-electron chi connectivity index (χ4n) is 1.91. The molecule has 1 aromatic carbocycles. The zero-order valence-electron chi connectivity index (χ0n) is 13.9. The van der Waals surface area contributed by atoms with Crippen LogP contribution in [0.5, 0.6) is 0 Å². The summed E-state index contributed by atoms with van der Waals surface area (Å²) in [6.07, 6.45) is 0.672. The highest BCUT2D eigenvalue weighted by Crippen LogP contribution is 2.09. The lowest BCUT2D eigenvalue weighted by atomic mass is 9.99. The van der Waals surface area contributed by atoms with E-state index in [9.17, 15) is 14.4 Å². The number of benzene rings is 1. The molecule has 0 heterocycles. The first-order valence-corrected chi connectivity index (χ1v) is 7.47. The van der Waals surface area contributed by atoms with E-state index in [1.54, 1.807) is 0 Å². The molecule has 1 N–H and O–H groups in total. The van der Waals surface area contributed by atoms with Gasteiger partial charge in [0, 0.05) is 0 Å². The molecule has 1 amide bonds. The van der Waals surface area contributed by atoms with Crippen LogP contribution in [0.25, 0.3) is 0 Å². The number of carbonyl (C=O) groups is 3. The van der Waals surface area contributed by atoms with Crippen molar-refractivity contribution in [3.8, 4) is 6.07 Å². The summed E-state index contributed by atoms with van der Waals surface area (Å²) in [6, 6.07) is 6.98. The quantitative estimate of drug-likeness (QED) is 0.757. The van der Waals surface area contributed by atoms with Crippen LogP contribution in [0.15, 0.2) is 24.3 Å². The Bertz CT molecular complexity index is 633. The SMILES string of the molecule is CC[C@H](C)[C@H](NC(=O)COC(=O)c1ccc(C#N)cc1)C(=O)OC. The molecule has 0 bridgehead atoms. The van der Waals surface area contributed by atoms with Crippen molar-refractivity contribution in [1.29, 1.82) is 5.26 Å². The standard InChI is InChI=1S/C17H20N2O5/c1-4-11(2)15(17(22)23-3)19-14(20)10-24-16(21)13-7-5-12(9-18)6-8-13/h5-8,11,15H,4,10H2,1-3H3,(H,19,20)/t11-,15-/m0/s1. The number of amides is 1. The van der Waals surface area contributed by atoms with E-state index < -0.39 is 30.5 Å². The zero-order valence-corrected chi connectivity index (χ0v) is 13.9. The van der Waals surface area contributed by atoms with Gasteiger partial charge < -0.3 is 14.8 Å². The molecule has 0 aliphatic heterocycles. The maximum absolute atomic E-state index is 11.9. The van der Waals surface area contributed by atoms with Crippen LogP contribution in [0.4, 0.5) is 0 Å². The molecule has 0 unspecified atom stereocenters. The number of nitrogens with zero attached hydrogens (tertiary/aromatic N) is 1. The first-order chi connectivity index (χ1) is 11.4. The number of methoxy groups -OCH3 is 1. The number of rotatable bonds is 7. The second kappa shape index (κ2) is 9.30. The molecule has 7 heteroatoms. The van der Waals surface area contributed by atoms with Crippen LogP contribution in [0, 0.1) is 17.2 Å². The Morgan fingerprint density at radius 2 is 1.88 bits per heavy atom. The van der Waals surface area contributed by atoms with Crippen LogP contribution in [0.3, 0.4) is 0 Å². The van der Waals surface area contributed by atoms with Gasteiger partial charge in [0.05, 0.1) is 24.3 Å². The van der Waals surface area contributed by atoms with Crippen molar-refractivity contribution in [2.24, 2.45) is 5.92 Å². The third-order valence-corrected chi connectivity index (χ3v) is 3.57. The predicted molar refractivity (Wildman–Crippen MR) is 84.8 cm³/mol. The molecule has 24 heavy (non-hydrogen) atoms. The maximum atomic E-state index is 11.9. The van der Waals surface area contributed by atoms with Gasteiger partial charge in [0.25, 0.3) is 5.91 Å². The third-order valence-electron chi connectivity index (χ3n) is 3.57. The molecular weight excluding hydrogens is 312 g/mol. The summed E-state index contributed by atoms with van der Waals surface area (Å²) in [4.78, 5) is 35.4. The van der Waals surface area contributed by atoms with Crippen molar-refractivity contribution in [3.05, 3.63) is 35.4 Å². The van der Waals surface area contributed by atoms with E-state index in [4.69, 9.17) is 10.00 Å². The summed E-state index contributed by atoms with van der Waals surface area (Å²) >= 11 is 0. The fourth-order valence-corrected chi connectivity index (χ4v) is 1.91. The molecule has 0 aliphatic rings. The molecule has 0 fully saturated rings. The number of esters is 2. The van der Waals surface area contributed by atoms with Crippen LogP contribution in [-0.2, 0) is 19.1 Å². The summed E-state index contributed by atoms with van der Waals surface area (Å²) in [5.41, 5.74) is 0.645. The normalized spacial score (nSPS) is 12.4. The third kappa shape index (κ3) is 5.39. The molecule has 0 saturated heterocycles. The second-order valence-corrected chi connectivity index (χ2v) is 5.22. The Hall–Kier alpha value is -2.88. The number of nitrogens with one attached hydrogen (secondary N) is 1. The maximum Gasteiger partial charge on any atom is 0.338 e. The molecule has 0 radical (unpaired) electrons. The van der Waals surface area contributed by atoms with Crippen LogP contribution in [0.1, 0.15) is 36.2 Å². The van der Waals surface area contributed by atoms with Crippen LogP contribution in [-0.4, -0.2) is 37.6 Å². The lowest BCUT2D eigenvalue weighted by Crippen LogP contribution is -2.47. The Kier molecular flexibility index (Phi) is 7.43. The van der Waals surface area contributed by atoms with Gasteiger partial charge in [-0.1, -0.05) is 20.3 Å². The van der Waals surface area contributed by atoms with Gasteiger partial charge >= 0.3 is 11.9 Å². The molecule has 7 nitrogen and oxygen atoms in total. The van der Waals surface area contributed by atoms with Crippen LogP contribution < -0.4 is 5.32 Å². The largest absolute Gasteiger partial charge is 0.467 e. The molecule has 1 rings (SSSR count). The Balaban J connectivity index is 2.59. The van der Waals surface area contributed by atoms with Gasteiger partial charge in [0.15, 0.2) is 6.61 Å². The zero-order chi connectivity index (χ0) is 18.1. The van der Waals surface area contributed by atoms with Crippen molar-refractivity contribution < 1.29 is 23.9 Å². The van der Waals surface area contributed by atoms with Gasteiger partial charge in [0.1, 0.15) is 6.04 Å². The second-order valence-electron chi connectivity index (χ2n) is 5.22. The molecule has 0 spiro atoms. The van der Waals surface area contributed by atoms with E-state index in [0.717, 1.165) is 0 Å². The number of carbonyl (C=O) groups excluding carboxylic acids is 3. The number of hydrogen-bond acceptors (Lipinski definition) is 6. The van der Waals surface area contributed by atoms with Crippen molar-refractivity contribution in [2.45, 2.75) is 26.3 Å². The Morgan fingerprint density at radius 1 is 1.25 bits per heavy atom. The first-order valence-electron chi connectivity index (χ1n) is 7.47. The highest BCUT2D eigenvalue weighted by molar-refractivity contribution is 5.92. The van der Waals surface area contributed by atoms with Gasteiger partial charge in [-0.25, -0.2) is 9.59 Å². The van der Waals surface area contributed by atoms with Crippen molar-refractivity contribution in [2.75, 3.05) is 13.7 Å². The summed E-state index contributed by atoms with van der Waals surface area (Å²) in [6.45, 7) is 3.19. The average Bonchev–Trinajstić information content (AvgIpc) is 2.62. The predicted octanol–water partition coefficient (Wildman–Crippen LogP) is 1.42. The Morgan fingerprint density at radius 3 is 2.38 bits per heavy atom. The molecule has 128 valence electrons. The molecule has 0 saturated carbocycles. The van der Waals surface area contributed by atoms with Gasteiger partial charge in [-0.05, 0) is 30.2 Å². The smallest absolute Gasteiger partial charge is 0.338 e. The highest BCUT2D eigenvalue weighted by atomic mass is 16.5. The minimum Gasteiger partial charge on any atom is -0.467 e. The van der Waals surface area contributed by atoms with Gasteiger partial charge in [-0.2, -0.15) is 5.26 Å². The monoisotopic (exact) mass is 332 g/mol. The lowest BCUT2D eigenvalue weighted by molar-refractivity contribution is -0.147. The van der Waals surface area contributed by atoms with Crippen molar-refractivity contribution >= 4 is 17.8 Å². The molecule has 2 atom stereocenters. The average molecular weight is 332 g/mol. The molecule has 0 aliphatic carbocycles. The summed E-state index contributed by atoms with van der Waals surface area (Å²) in [5, 5.41) is 11.2. The molecule has 1 aromatic rings. The van der Waals surface area contributed by atoms with Gasteiger partial charge in [-0.15, -0.1) is 0 Å². The van der Waals surface area contributed by atoms with E-state index >= 15 is 0 Å².